The van der Waals surface area contributed by atoms with Gasteiger partial charge in [0.15, 0.2) is 0 Å². The number of nitrogens with zero attached hydrogens (tertiary/aromatic N) is 1. The Labute approximate surface area is 315 Å². The summed E-state index contributed by atoms with van der Waals surface area (Å²) in [6.45, 7) is 0. The van der Waals surface area contributed by atoms with Crippen LogP contribution < -0.4 is 0 Å². The zero-order valence-corrected chi connectivity index (χ0v) is 31.0. The molecule has 1 nitrogen and oxygen atoms in total. The van der Waals surface area contributed by atoms with E-state index < -0.39 is 0 Å². The van der Waals surface area contributed by atoms with Crippen LogP contribution in [0, 0.1) is 0 Å². The maximum Gasteiger partial charge on any atom is 0.0705 e. The van der Waals surface area contributed by atoms with Gasteiger partial charge in [0.05, 0.1) is 10.9 Å². The number of hydrogen-bond donors (Lipinski definition) is 0. The van der Waals surface area contributed by atoms with Crippen molar-refractivity contribution in [1.29, 1.82) is 0 Å². The van der Waals surface area contributed by atoms with E-state index in [0.29, 0.717) is 11.3 Å². The van der Waals surface area contributed by atoms with Crippen LogP contribution in [-0.4, -0.2) is 9.82 Å². The third-order valence-electron chi connectivity index (χ3n) is 12.4. The number of aromatic nitrogens is 1. The molecule has 0 saturated carbocycles. The van der Waals surface area contributed by atoms with Gasteiger partial charge in [-0.2, -0.15) is 0 Å². The van der Waals surface area contributed by atoms with Gasteiger partial charge < -0.3 is 4.57 Å². The van der Waals surface area contributed by atoms with Gasteiger partial charge in [0.25, 0.3) is 0 Å². The maximum atomic E-state index is 2.75. The second-order valence-electron chi connectivity index (χ2n) is 15.1. The first-order valence-corrected chi connectivity index (χ1v) is 21.0. The third kappa shape index (κ3) is 4.58. The zero-order chi connectivity index (χ0) is 34.2. The number of hydrogen-bond acceptors (Lipinski definition) is 2. The van der Waals surface area contributed by atoms with Gasteiger partial charge in [-0.15, -0.1) is 11.8 Å². The average Bonchev–Trinajstić information content (AvgIpc) is 3.56. The number of fused-ring (bicyclic) bond motifs is 11. The Balaban J connectivity index is 1.21. The van der Waals surface area contributed by atoms with Crippen LogP contribution in [0.25, 0.3) is 39.2 Å². The normalized spacial score (nSPS) is 22.7. The first-order chi connectivity index (χ1) is 25.8. The van der Waals surface area contributed by atoms with Crippen molar-refractivity contribution >= 4 is 40.5 Å². The summed E-state index contributed by atoms with van der Waals surface area (Å²) in [5.74, 6) is 0. The van der Waals surface area contributed by atoms with Gasteiger partial charge in [-0.3, -0.25) is 0 Å². The SMILES string of the molecule is C1=Cc2c(c3cccc(-c4ccc5c(c4)C4(C6=CCCCC6Sc6ccccc64)c4cc(-c6ccccc6)ccc4S5)c3n2C2CC=CCC2)CC1. The van der Waals surface area contributed by atoms with Crippen molar-refractivity contribution in [1.82, 2.24) is 4.57 Å². The zero-order valence-electron chi connectivity index (χ0n) is 29.4. The lowest BCUT2D eigenvalue weighted by Crippen LogP contribution is -2.42. The van der Waals surface area contributed by atoms with Gasteiger partial charge in [-0.25, -0.2) is 0 Å². The predicted molar refractivity (Wildman–Crippen MR) is 221 cm³/mol. The molecule has 52 heavy (non-hydrogen) atoms. The fraction of sp³-hybridized carbons (Fsp3) is 0.224. The van der Waals surface area contributed by atoms with Crippen LogP contribution in [0.3, 0.4) is 0 Å². The summed E-state index contributed by atoms with van der Waals surface area (Å²) in [5.41, 5.74) is 15.3. The number of para-hydroxylation sites is 1. The minimum Gasteiger partial charge on any atom is -0.337 e. The van der Waals surface area contributed by atoms with E-state index in [4.69, 9.17) is 0 Å². The average molecular weight is 708 g/mol. The van der Waals surface area contributed by atoms with Gasteiger partial charge in [0, 0.05) is 42.6 Å². The number of allylic oxidation sites excluding steroid dienone is 4. The molecule has 2 aliphatic heterocycles. The summed E-state index contributed by atoms with van der Waals surface area (Å²) in [6.07, 6.45) is 21.6. The van der Waals surface area contributed by atoms with Gasteiger partial charge in [-0.05, 0) is 132 Å². The predicted octanol–water partition coefficient (Wildman–Crippen LogP) is 13.6. The second-order valence-corrected chi connectivity index (χ2v) is 17.5. The van der Waals surface area contributed by atoms with Gasteiger partial charge >= 0.3 is 0 Å². The van der Waals surface area contributed by atoms with Crippen LogP contribution in [0.15, 0.2) is 154 Å². The summed E-state index contributed by atoms with van der Waals surface area (Å²) >= 11 is 4.07. The Hall–Kier alpha value is -4.44. The first-order valence-electron chi connectivity index (χ1n) is 19.3. The molecule has 0 fully saturated rings. The molecule has 254 valence electrons. The van der Waals surface area contributed by atoms with E-state index in [2.05, 4.69) is 156 Å². The van der Waals surface area contributed by atoms with Gasteiger partial charge in [0.1, 0.15) is 0 Å². The molecule has 6 aromatic rings. The summed E-state index contributed by atoms with van der Waals surface area (Å²) in [5, 5.41) is 1.91. The van der Waals surface area contributed by atoms with E-state index in [1.807, 2.05) is 11.8 Å². The molecule has 5 aromatic carbocycles. The minimum absolute atomic E-state index is 0.352. The van der Waals surface area contributed by atoms with Crippen molar-refractivity contribution in [3.05, 3.63) is 167 Å². The standard InChI is InChI=1S/C49H41NS2/c1-3-14-32(15-4-1)33-26-28-46-41(30-33)49(39-21-8-11-24-44(39)51-45-25-12-9-22-40(45)49)42-31-34(27-29-47(42)52-46)36-19-13-20-38-37-18-7-10-23-43(37)50(48(36)38)35-16-5-2-6-17-35/h1-5,8,10-11,13-15,19-24,26-31,35,45H,6-7,9,12,16-18,25H2. The monoisotopic (exact) mass is 707 g/mol. The van der Waals surface area contributed by atoms with E-state index in [1.165, 1.54) is 95.1 Å². The molecular formula is C49H41NS2. The molecule has 0 amide bonds. The van der Waals surface area contributed by atoms with Crippen LogP contribution in [0.4, 0.5) is 0 Å². The van der Waals surface area contributed by atoms with Crippen LogP contribution in [0.2, 0.25) is 0 Å². The molecule has 0 N–H and O–H groups in total. The van der Waals surface area contributed by atoms with Crippen molar-refractivity contribution in [3.8, 4) is 22.3 Å². The second kappa shape index (κ2) is 12.3. The van der Waals surface area contributed by atoms with Gasteiger partial charge in [0.2, 0.25) is 0 Å². The molecule has 3 aliphatic carbocycles. The Morgan fingerprint density at radius 1 is 0.635 bits per heavy atom. The Morgan fingerprint density at radius 2 is 1.46 bits per heavy atom. The lowest BCUT2D eigenvalue weighted by molar-refractivity contribution is 0.470. The number of thioether (sulfide) groups is 1. The lowest BCUT2D eigenvalue weighted by Gasteiger charge is -2.50. The van der Waals surface area contributed by atoms with E-state index >= 15 is 0 Å². The van der Waals surface area contributed by atoms with Crippen molar-refractivity contribution in [3.63, 3.8) is 0 Å². The van der Waals surface area contributed by atoms with Crippen LogP contribution in [0.1, 0.15) is 78.9 Å². The molecular weight excluding hydrogens is 667 g/mol. The van der Waals surface area contributed by atoms with Crippen molar-refractivity contribution < 1.29 is 0 Å². The first kappa shape index (κ1) is 31.1. The molecule has 1 spiro atoms. The number of rotatable bonds is 3. The molecule has 0 saturated heterocycles. The van der Waals surface area contributed by atoms with E-state index in [1.54, 1.807) is 5.57 Å². The van der Waals surface area contributed by atoms with Crippen molar-refractivity contribution in [2.45, 2.75) is 82.8 Å². The van der Waals surface area contributed by atoms with Crippen molar-refractivity contribution in [2.75, 3.05) is 0 Å². The van der Waals surface area contributed by atoms with Crippen LogP contribution >= 0.6 is 23.5 Å². The lowest BCUT2D eigenvalue weighted by atomic mass is 9.61. The maximum absolute atomic E-state index is 2.75. The summed E-state index contributed by atoms with van der Waals surface area (Å²) < 4.78 is 2.75. The fourth-order valence-electron chi connectivity index (χ4n) is 10.2. The number of aryl methyl sites for hydroxylation is 1. The van der Waals surface area contributed by atoms with Crippen LogP contribution in [-0.2, 0) is 11.8 Å². The molecule has 3 heteroatoms. The number of benzene rings is 5. The molecule has 0 bridgehead atoms. The highest BCUT2D eigenvalue weighted by molar-refractivity contribution is 8.00. The molecule has 5 aliphatic rings. The topological polar surface area (TPSA) is 4.93 Å². The molecule has 3 atom stereocenters. The quantitative estimate of drug-likeness (QED) is 0.169. The molecule has 11 rings (SSSR count). The smallest absolute Gasteiger partial charge is 0.0705 e. The third-order valence-corrected chi connectivity index (χ3v) is 14.9. The molecule has 3 unspecified atom stereocenters. The van der Waals surface area contributed by atoms with Crippen molar-refractivity contribution in [2.24, 2.45) is 0 Å². The highest BCUT2D eigenvalue weighted by atomic mass is 32.2. The Morgan fingerprint density at radius 3 is 2.33 bits per heavy atom. The fourth-order valence-corrected chi connectivity index (χ4v) is 12.8. The summed E-state index contributed by atoms with van der Waals surface area (Å²) in [6, 6.07) is 42.8. The van der Waals surface area contributed by atoms with E-state index in [0.717, 1.165) is 32.1 Å². The van der Waals surface area contributed by atoms with Gasteiger partial charge in [-0.1, -0.05) is 115 Å². The van der Waals surface area contributed by atoms with E-state index in [-0.39, 0.29) is 5.41 Å². The highest BCUT2D eigenvalue weighted by Crippen LogP contribution is 2.64. The Kier molecular flexibility index (Phi) is 7.37. The summed E-state index contributed by atoms with van der Waals surface area (Å²) in [4.78, 5) is 4.21. The minimum atomic E-state index is -0.352. The Bertz CT molecular complexity index is 2500. The molecule has 3 heterocycles. The summed E-state index contributed by atoms with van der Waals surface area (Å²) in [7, 11) is 0. The largest absolute Gasteiger partial charge is 0.337 e. The molecule has 1 aromatic heterocycles. The van der Waals surface area contributed by atoms with E-state index in [9.17, 15) is 0 Å². The molecule has 0 radical (unpaired) electrons. The highest BCUT2D eigenvalue weighted by Gasteiger charge is 2.52. The van der Waals surface area contributed by atoms with Crippen LogP contribution in [0.5, 0.6) is 0 Å².